The number of rotatable bonds is 3. The van der Waals surface area contributed by atoms with Gasteiger partial charge in [-0.3, -0.25) is 9.79 Å². The van der Waals surface area contributed by atoms with Gasteiger partial charge in [0, 0.05) is 12.6 Å². The maximum atomic E-state index is 11.3. The third-order valence-electron chi connectivity index (χ3n) is 5.13. The molecule has 2 aromatic carbocycles. The van der Waals surface area contributed by atoms with Crippen LogP contribution in [0.2, 0.25) is 0 Å². The minimum Gasteiger partial charge on any atom is -0.371 e. The number of hydrogen-bond donors (Lipinski definition) is 4. The molecule has 0 aromatic heterocycles. The highest BCUT2D eigenvalue weighted by molar-refractivity contribution is 6.09. The number of para-hydroxylation sites is 2. The molecule has 140 valence electrons. The Balaban J connectivity index is 1.61. The van der Waals surface area contributed by atoms with Gasteiger partial charge in [-0.2, -0.15) is 0 Å². The number of nitrogens with zero attached hydrogens (tertiary/aromatic N) is 1. The largest absolute Gasteiger partial charge is 0.371 e. The zero-order chi connectivity index (χ0) is 18.7. The third-order valence-corrected chi connectivity index (χ3v) is 5.13. The van der Waals surface area contributed by atoms with Crippen LogP contribution in [0.15, 0.2) is 53.5 Å². The van der Waals surface area contributed by atoms with Crippen molar-refractivity contribution in [3.8, 4) is 0 Å². The third kappa shape index (κ3) is 3.80. The molecular formula is C21H25N5O. The maximum absolute atomic E-state index is 11.3. The van der Waals surface area contributed by atoms with Crippen LogP contribution in [0.3, 0.4) is 0 Å². The summed E-state index contributed by atoms with van der Waals surface area (Å²) >= 11 is 0. The number of amidine groups is 1. The van der Waals surface area contributed by atoms with E-state index in [1.165, 1.54) is 6.92 Å². The van der Waals surface area contributed by atoms with Gasteiger partial charge >= 0.3 is 0 Å². The van der Waals surface area contributed by atoms with E-state index in [0.29, 0.717) is 6.54 Å². The minimum atomic E-state index is -0.158. The molecule has 4 rings (SSSR count). The summed E-state index contributed by atoms with van der Waals surface area (Å²) in [6.45, 7) is 4.01. The van der Waals surface area contributed by atoms with Gasteiger partial charge in [0.25, 0.3) is 0 Å². The number of benzene rings is 2. The fourth-order valence-electron chi connectivity index (χ4n) is 3.79. The van der Waals surface area contributed by atoms with Crippen LogP contribution in [0.4, 0.5) is 17.1 Å². The van der Waals surface area contributed by atoms with Crippen LogP contribution in [-0.4, -0.2) is 30.4 Å². The Morgan fingerprint density at radius 3 is 2.67 bits per heavy atom. The SMILES string of the molecule is CC(=O)Nc1cccc(CN=C2Nc3ccccc3NC23CCNCC3)c1. The van der Waals surface area contributed by atoms with Crippen LogP contribution < -0.4 is 21.3 Å². The monoisotopic (exact) mass is 363 g/mol. The molecule has 6 heteroatoms. The van der Waals surface area contributed by atoms with Crippen molar-refractivity contribution < 1.29 is 4.79 Å². The summed E-state index contributed by atoms with van der Waals surface area (Å²) < 4.78 is 0. The van der Waals surface area contributed by atoms with Crippen molar-refractivity contribution in [1.29, 1.82) is 0 Å². The van der Waals surface area contributed by atoms with E-state index in [1.54, 1.807) is 0 Å². The van der Waals surface area contributed by atoms with Gasteiger partial charge < -0.3 is 21.3 Å². The smallest absolute Gasteiger partial charge is 0.221 e. The van der Waals surface area contributed by atoms with E-state index < -0.39 is 0 Å². The first-order valence-electron chi connectivity index (χ1n) is 9.41. The molecular weight excluding hydrogens is 338 g/mol. The number of hydrogen-bond acceptors (Lipinski definition) is 4. The van der Waals surface area contributed by atoms with Gasteiger partial charge in [-0.25, -0.2) is 0 Å². The lowest BCUT2D eigenvalue weighted by Gasteiger charge is -2.44. The van der Waals surface area contributed by atoms with Crippen molar-refractivity contribution in [3.63, 3.8) is 0 Å². The fourth-order valence-corrected chi connectivity index (χ4v) is 3.79. The van der Waals surface area contributed by atoms with Gasteiger partial charge in [0.2, 0.25) is 5.91 Å². The minimum absolute atomic E-state index is 0.0677. The molecule has 0 atom stereocenters. The Bertz CT molecular complexity index is 870. The molecule has 27 heavy (non-hydrogen) atoms. The quantitative estimate of drug-likeness (QED) is 0.675. The molecule has 2 aromatic rings. The fraction of sp³-hybridized carbons (Fsp3) is 0.333. The average Bonchev–Trinajstić information content (AvgIpc) is 2.67. The van der Waals surface area contributed by atoms with E-state index >= 15 is 0 Å². The van der Waals surface area contributed by atoms with Gasteiger partial charge in [0.1, 0.15) is 5.84 Å². The predicted octanol–water partition coefficient (Wildman–Crippen LogP) is 3.20. The first kappa shape index (κ1) is 17.5. The zero-order valence-corrected chi connectivity index (χ0v) is 15.5. The summed E-state index contributed by atoms with van der Waals surface area (Å²) in [5, 5.41) is 13.6. The number of amides is 1. The second-order valence-corrected chi connectivity index (χ2v) is 7.17. The van der Waals surface area contributed by atoms with Gasteiger partial charge in [0.15, 0.2) is 0 Å². The summed E-state index contributed by atoms with van der Waals surface area (Å²) in [6.07, 6.45) is 1.97. The maximum Gasteiger partial charge on any atom is 0.221 e. The topological polar surface area (TPSA) is 77.5 Å². The van der Waals surface area contributed by atoms with Crippen molar-refractivity contribution in [3.05, 3.63) is 54.1 Å². The summed E-state index contributed by atoms with van der Waals surface area (Å²) in [5.74, 6) is 0.925. The van der Waals surface area contributed by atoms with Crippen molar-refractivity contribution in [2.75, 3.05) is 29.0 Å². The zero-order valence-electron chi connectivity index (χ0n) is 15.5. The Labute approximate surface area is 159 Å². The molecule has 6 nitrogen and oxygen atoms in total. The number of nitrogens with one attached hydrogen (secondary N) is 4. The normalized spacial score (nSPS) is 19.1. The molecule has 0 bridgehead atoms. The molecule has 2 aliphatic rings. The lowest BCUT2D eigenvalue weighted by atomic mass is 9.84. The Morgan fingerprint density at radius 1 is 1.11 bits per heavy atom. The molecule has 4 N–H and O–H groups in total. The van der Waals surface area contributed by atoms with Crippen molar-refractivity contribution in [1.82, 2.24) is 5.32 Å². The molecule has 0 radical (unpaired) electrons. The van der Waals surface area contributed by atoms with Gasteiger partial charge in [-0.05, 0) is 55.8 Å². The summed E-state index contributed by atoms with van der Waals surface area (Å²) in [5.41, 5.74) is 3.91. The Kier molecular flexibility index (Phi) is 4.81. The molecule has 1 fully saturated rings. The molecule has 1 amide bonds. The van der Waals surface area contributed by atoms with Crippen LogP contribution in [0.5, 0.6) is 0 Å². The second-order valence-electron chi connectivity index (χ2n) is 7.17. The van der Waals surface area contributed by atoms with Gasteiger partial charge in [-0.1, -0.05) is 24.3 Å². The Morgan fingerprint density at radius 2 is 1.89 bits per heavy atom. The van der Waals surface area contributed by atoms with Crippen molar-refractivity contribution >= 4 is 28.8 Å². The lowest BCUT2D eigenvalue weighted by molar-refractivity contribution is -0.114. The van der Waals surface area contributed by atoms with E-state index in [9.17, 15) is 4.79 Å². The van der Waals surface area contributed by atoms with Crippen molar-refractivity contribution in [2.45, 2.75) is 31.8 Å². The Hall–Kier alpha value is -2.86. The van der Waals surface area contributed by atoms with E-state index in [2.05, 4.69) is 39.5 Å². The van der Waals surface area contributed by atoms with E-state index in [4.69, 9.17) is 4.99 Å². The van der Waals surface area contributed by atoms with Crippen LogP contribution in [0.1, 0.15) is 25.3 Å². The molecule has 0 aliphatic carbocycles. The van der Waals surface area contributed by atoms with Crippen LogP contribution in [0.25, 0.3) is 0 Å². The summed E-state index contributed by atoms with van der Waals surface area (Å²) in [6, 6.07) is 16.1. The first-order chi connectivity index (χ1) is 13.1. The van der Waals surface area contributed by atoms with E-state index in [-0.39, 0.29) is 11.4 Å². The standard InChI is InChI=1S/C21H25N5O/c1-15(27)24-17-6-4-5-16(13-17)14-23-20-21(9-11-22-12-10-21)26-19-8-3-2-7-18(19)25-20/h2-8,13,22,26H,9-12,14H2,1H3,(H,23,25)(H,24,27). The summed E-state index contributed by atoms with van der Waals surface area (Å²) in [4.78, 5) is 16.2. The molecule has 0 saturated carbocycles. The molecule has 1 spiro atoms. The second kappa shape index (κ2) is 7.40. The summed E-state index contributed by atoms with van der Waals surface area (Å²) in [7, 11) is 0. The first-order valence-corrected chi connectivity index (χ1v) is 9.41. The highest BCUT2D eigenvalue weighted by Crippen LogP contribution is 2.35. The number of aliphatic imine (C=N–C) groups is 1. The van der Waals surface area contributed by atoms with Gasteiger partial charge in [-0.15, -0.1) is 0 Å². The van der Waals surface area contributed by atoms with E-state index in [1.807, 2.05) is 30.3 Å². The molecule has 0 unspecified atom stereocenters. The number of carbonyl (C=O) groups is 1. The lowest BCUT2D eigenvalue weighted by Crippen LogP contribution is -2.57. The van der Waals surface area contributed by atoms with Crippen LogP contribution >= 0.6 is 0 Å². The number of piperidine rings is 1. The highest BCUT2D eigenvalue weighted by atomic mass is 16.1. The molecule has 2 aliphatic heterocycles. The van der Waals surface area contributed by atoms with Crippen molar-refractivity contribution in [2.24, 2.45) is 4.99 Å². The van der Waals surface area contributed by atoms with Crippen LogP contribution in [0, 0.1) is 0 Å². The number of fused-ring (bicyclic) bond motifs is 1. The number of carbonyl (C=O) groups excluding carboxylic acids is 1. The predicted molar refractivity (Wildman–Crippen MR) is 110 cm³/mol. The van der Waals surface area contributed by atoms with Crippen LogP contribution in [-0.2, 0) is 11.3 Å². The average molecular weight is 363 g/mol. The molecule has 1 saturated heterocycles. The van der Waals surface area contributed by atoms with Gasteiger partial charge in [0.05, 0.1) is 23.5 Å². The van der Waals surface area contributed by atoms with E-state index in [0.717, 1.165) is 54.4 Å². The number of anilines is 3. The highest BCUT2D eigenvalue weighted by Gasteiger charge is 2.40. The molecule has 2 heterocycles.